The van der Waals surface area contributed by atoms with Gasteiger partial charge < -0.3 is 10.0 Å². The second kappa shape index (κ2) is 4.78. The molecule has 1 saturated heterocycles. The third-order valence-corrected chi connectivity index (χ3v) is 3.80. The average Bonchev–Trinajstić information content (AvgIpc) is 2.61. The minimum Gasteiger partial charge on any atom is -0.481 e. The second-order valence-corrected chi connectivity index (χ2v) is 5.61. The lowest BCUT2D eigenvalue weighted by Gasteiger charge is -2.17. The van der Waals surface area contributed by atoms with Crippen molar-refractivity contribution >= 4 is 49.4 Å². The summed E-state index contributed by atoms with van der Waals surface area (Å²) >= 11 is 6.70. The largest absolute Gasteiger partial charge is 0.481 e. The van der Waals surface area contributed by atoms with Gasteiger partial charge in [0.05, 0.1) is 11.6 Å². The highest BCUT2D eigenvalue weighted by atomic mass is 79.9. The Hall–Kier alpha value is -0.880. The maximum Gasteiger partial charge on any atom is 0.308 e. The minimum absolute atomic E-state index is 0.0673. The average molecular weight is 363 g/mol. The number of carboxylic acids is 1. The summed E-state index contributed by atoms with van der Waals surface area (Å²) in [7, 11) is 0. The van der Waals surface area contributed by atoms with Crippen LogP contribution in [0.15, 0.2) is 27.1 Å². The van der Waals surface area contributed by atoms with E-state index in [0.29, 0.717) is 5.69 Å². The molecule has 0 aromatic heterocycles. The highest BCUT2D eigenvalue weighted by Gasteiger charge is 2.35. The van der Waals surface area contributed by atoms with Crippen molar-refractivity contribution in [2.45, 2.75) is 6.42 Å². The third kappa shape index (κ3) is 2.52. The van der Waals surface area contributed by atoms with Crippen LogP contribution in [0, 0.1) is 5.92 Å². The first-order valence-corrected chi connectivity index (χ1v) is 6.56. The molecule has 0 bridgehead atoms. The minimum atomic E-state index is -0.922. The number of nitrogens with zero attached hydrogens (tertiary/aromatic N) is 1. The summed E-state index contributed by atoms with van der Waals surface area (Å²) in [6.07, 6.45) is 0.0673. The molecule has 0 saturated carbocycles. The van der Waals surface area contributed by atoms with Crippen molar-refractivity contribution in [1.29, 1.82) is 0 Å². The van der Waals surface area contributed by atoms with Crippen molar-refractivity contribution in [3.63, 3.8) is 0 Å². The quantitative estimate of drug-likeness (QED) is 0.879. The maximum atomic E-state index is 11.8. The molecular formula is C11H9Br2NO3. The van der Waals surface area contributed by atoms with Crippen molar-refractivity contribution in [2.24, 2.45) is 5.92 Å². The number of amides is 1. The fraction of sp³-hybridized carbons (Fsp3) is 0.273. The number of benzene rings is 1. The normalized spacial score (nSPS) is 19.8. The van der Waals surface area contributed by atoms with Crippen molar-refractivity contribution in [3.05, 3.63) is 27.1 Å². The van der Waals surface area contributed by atoms with Gasteiger partial charge in [-0.05, 0) is 34.1 Å². The number of carboxylic acid groups (broad SMARTS) is 1. The summed E-state index contributed by atoms with van der Waals surface area (Å²) in [5.74, 6) is -1.69. The number of carbonyl (C=O) groups is 2. The van der Waals surface area contributed by atoms with Crippen LogP contribution in [0.3, 0.4) is 0 Å². The zero-order valence-corrected chi connectivity index (χ0v) is 11.9. The van der Waals surface area contributed by atoms with E-state index in [2.05, 4.69) is 31.9 Å². The van der Waals surface area contributed by atoms with Crippen LogP contribution in [-0.4, -0.2) is 23.5 Å². The Bertz CT molecular complexity index is 490. The molecule has 4 nitrogen and oxygen atoms in total. The van der Waals surface area contributed by atoms with Crippen LogP contribution in [0.2, 0.25) is 0 Å². The molecule has 1 aromatic carbocycles. The smallest absolute Gasteiger partial charge is 0.308 e. The molecule has 1 aromatic rings. The highest BCUT2D eigenvalue weighted by molar-refractivity contribution is 9.11. The maximum absolute atomic E-state index is 11.8. The van der Waals surface area contributed by atoms with Crippen molar-refractivity contribution in [2.75, 3.05) is 11.4 Å². The van der Waals surface area contributed by atoms with Gasteiger partial charge in [-0.1, -0.05) is 15.9 Å². The molecule has 90 valence electrons. The van der Waals surface area contributed by atoms with E-state index in [0.717, 1.165) is 8.95 Å². The fourth-order valence-corrected chi connectivity index (χ4v) is 3.07. The lowest BCUT2D eigenvalue weighted by molar-refractivity contribution is -0.141. The number of aliphatic carboxylic acids is 1. The fourth-order valence-electron chi connectivity index (χ4n) is 1.81. The van der Waals surface area contributed by atoms with Crippen molar-refractivity contribution in [3.8, 4) is 0 Å². The summed E-state index contributed by atoms with van der Waals surface area (Å²) in [5, 5.41) is 8.91. The van der Waals surface area contributed by atoms with E-state index in [1.165, 1.54) is 4.90 Å². The number of hydrogen-bond acceptors (Lipinski definition) is 2. The van der Waals surface area contributed by atoms with Crippen LogP contribution in [0.25, 0.3) is 0 Å². The van der Waals surface area contributed by atoms with Crippen LogP contribution >= 0.6 is 31.9 Å². The molecule has 1 aliphatic rings. The van der Waals surface area contributed by atoms with Gasteiger partial charge in [-0.15, -0.1) is 0 Å². The summed E-state index contributed by atoms with van der Waals surface area (Å²) in [5.41, 5.74) is 0.710. The molecule has 1 fully saturated rings. The number of halogens is 2. The number of hydrogen-bond donors (Lipinski definition) is 1. The molecule has 17 heavy (non-hydrogen) atoms. The van der Waals surface area contributed by atoms with Gasteiger partial charge in [0.15, 0.2) is 0 Å². The Labute approximate surface area is 115 Å². The van der Waals surface area contributed by atoms with Crippen molar-refractivity contribution in [1.82, 2.24) is 0 Å². The Kier molecular flexibility index (Phi) is 3.53. The SMILES string of the molecule is O=C(O)[C@@H]1CC(=O)N(c2ccc(Br)cc2Br)C1. The molecular weight excluding hydrogens is 354 g/mol. The Morgan fingerprint density at radius 2 is 2.12 bits per heavy atom. The molecule has 2 rings (SSSR count). The number of rotatable bonds is 2. The van der Waals surface area contributed by atoms with Crippen LogP contribution in [0.5, 0.6) is 0 Å². The monoisotopic (exact) mass is 361 g/mol. The summed E-state index contributed by atoms with van der Waals surface area (Å²) in [6, 6.07) is 5.44. The third-order valence-electron chi connectivity index (χ3n) is 2.67. The van der Waals surface area contributed by atoms with E-state index in [9.17, 15) is 9.59 Å². The van der Waals surface area contributed by atoms with Crippen LogP contribution in [0.1, 0.15) is 6.42 Å². The van der Waals surface area contributed by atoms with Gasteiger partial charge in [-0.3, -0.25) is 9.59 Å². The molecule has 0 aliphatic carbocycles. The van der Waals surface area contributed by atoms with E-state index >= 15 is 0 Å². The van der Waals surface area contributed by atoms with Gasteiger partial charge >= 0.3 is 5.97 Å². The molecule has 1 atom stereocenters. The summed E-state index contributed by atoms with van der Waals surface area (Å²) in [4.78, 5) is 24.1. The van der Waals surface area contributed by atoms with Crippen LogP contribution in [-0.2, 0) is 9.59 Å². The predicted molar refractivity (Wildman–Crippen MR) is 69.9 cm³/mol. The topological polar surface area (TPSA) is 57.6 Å². The van der Waals surface area contributed by atoms with Crippen molar-refractivity contribution < 1.29 is 14.7 Å². The zero-order valence-electron chi connectivity index (χ0n) is 8.69. The zero-order chi connectivity index (χ0) is 12.6. The van der Waals surface area contributed by atoms with Gasteiger partial charge in [-0.25, -0.2) is 0 Å². The standard InChI is InChI=1S/C11H9Br2NO3/c12-7-1-2-9(8(13)4-7)14-5-6(11(16)17)3-10(14)15/h1-2,4,6H,3,5H2,(H,16,17)/t6-/m1/s1. The number of anilines is 1. The van der Waals surface area contributed by atoms with Crippen LogP contribution in [0.4, 0.5) is 5.69 Å². The van der Waals surface area contributed by atoms with E-state index < -0.39 is 11.9 Å². The van der Waals surface area contributed by atoms with E-state index in [1.54, 1.807) is 6.07 Å². The molecule has 1 N–H and O–H groups in total. The lowest BCUT2D eigenvalue weighted by atomic mass is 10.1. The lowest BCUT2D eigenvalue weighted by Crippen LogP contribution is -2.26. The molecule has 1 amide bonds. The molecule has 0 spiro atoms. The van der Waals surface area contributed by atoms with E-state index in [-0.39, 0.29) is 18.9 Å². The predicted octanol–water partition coefficient (Wildman–Crippen LogP) is 2.65. The molecule has 0 unspecified atom stereocenters. The Morgan fingerprint density at radius 1 is 1.41 bits per heavy atom. The van der Waals surface area contributed by atoms with Gasteiger partial charge in [0.2, 0.25) is 5.91 Å². The van der Waals surface area contributed by atoms with E-state index in [1.807, 2.05) is 12.1 Å². The highest BCUT2D eigenvalue weighted by Crippen LogP contribution is 2.33. The molecule has 1 heterocycles. The molecule has 0 radical (unpaired) electrons. The van der Waals surface area contributed by atoms with E-state index in [4.69, 9.17) is 5.11 Å². The Morgan fingerprint density at radius 3 is 2.65 bits per heavy atom. The second-order valence-electron chi connectivity index (χ2n) is 3.84. The molecule has 6 heteroatoms. The summed E-state index contributed by atoms with van der Waals surface area (Å²) in [6.45, 7) is 0.231. The van der Waals surface area contributed by atoms with Gasteiger partial charge in [0.1, 0.15) is 0 Å². The Balaban J connectivity index is 2.29. The first-order chi connectivity index (χ1) is 7.99. The van der Waals surface area contributed by atoms with Crippen LogP contribution < -0.4 is 4.90 Å². The van der Waals surface area contributed by atoms with Gasteiger partial charge in [0, 0.05) is 21.9 Å². The number of carbonyl (C=O) groups excluding carboxylic acids is 1. The van der Waals surface area contributed by atoms with Gasteiger partial charge in [0.25, 0.3) is 0 Å². The summed E-state index contributed by atoms with van der Waals surface area (Å²) < 4.78 is 1.67. The van der Waals surface area contributed by atoms with Gasteiger partial charge in [-0.2, -0.15) is 0 Å². The molecule has 1 aliphatic heterocycles. The first kappa shape index (κ1) is 12.6. The first-order valence-electron chi connectivity index (χ1n) is 4.97.